The Kier molecular flexibility index (Phi) is 4.88. The molecule has 0 atom stereocenters. The van der Waals surface area contributed by atoms with E-state index < -0.39 is 16.7 Å². The molecule has 0 unspecified atom stereocenters. The summed E-state index contributed by atoms with van der Waals surface area (Å²) in [7, 11) is -4.04. The monoisotopic (exact) mass is 391 g/mol. The molecule has 0 amide bonds. The van der Waals surface area contributed by atoms with Gasteiger partial charge in [0, 0.05) is 11.8 Å². The van der Waals surface area contributed by atoms with Gasteiger partial charge in [0.1, 0.15) is 13.0 Å². The van der Waals surface area contributed by atoms with Crippen LogP contribution in [0.2, 0.25) is 5.02 Å². The lowest BCUT2D eigenvalue weighted by molar-refractivity contribution is 0.484. The number of nitriles is 1. The first-order chi connectivity index (χ1) is 12.4. The van der Waals surface area contributed by atoms with Crippen molar-refractivity contribution in [2.75, 3.05) is 4.72 Å². The van der Waals surface area contributed by atoms with Gasteiger partial charge >= 0.3 is 0 Å². The van der Waals surface area contributed by atoms with Crippen LogP contribution in [-0.4, -0.2) is 23.0 Å². The normalized spacial score (nSPS) is 11.1. The van der Waals surface area contributed by atoms with Crippen LogP contribution in [0.4, 0.5) is 10.1 Å². The van der Waals surface area contributed by atoms with Crippen LogP contribution in [0.1, 0.15) is 11.1 Å². The second-order valence-corrected chi connectivity index (χ2v) is 7.22. The molecule has 1 aromatic carbocycles. The van der Waals surface area contributed by atoms with E-state index in [1.165, 1.54) is 35.3 Å². The van der Waals surface area contributed by atoms with Gasteiger partial charge in [-0.25, -0.2) is 14.4 Å². The lowest BCUT2D eigenvalue weighted by Crippen LogP contribution is -2.17. The number of aromatic nitrogens is 3. The maximum absolute atomic E-state index is 12.7. The van der Waals surface area contributed by atoms with Gasteiger partial charge in [0.25, 0.3) is 10.0 Å². The highest BCUT2D eigenvalue weighted by Gasteiger charge is 2.22. The molecular formula is C16H11ClFN5O2S. The fourth-order valence-corrected chi connectivity index (χ4v) is 3.64. The van der Waals surface area contributed by atoms with Crippen LogP contribution in [0.3, 0.4) is 0 Å². The van der Waals surface area contributed by atoms with Gasteiger partial charge in [0.05, 0.1) is 28.5 Å². The molecule has 26 heavy (non-hydrogen) atoms. The second-order valence-electron chi connectivity index (χ2n) is 5.18. The van der Waals surface area contributed by atoms with Gasteiger partial charge in [-0.2, -0.15) is 13.7 Å². The van der Waals surface area contributed by atoms with Gasteiger partial charge in [-0.05, 0) is 24.3 Å². The molecule has 3 rings (SSSR count). The molecule has 0 saturated carbocycles. The predicted octanol–water partition coefficient (Wildman–Crippen LogP) is 3.06. The number of imidazole rings is 1. The fraction of sp³-hybridized carbons (Fsp3) is 0.0625. The van der Waals surface area contributed by atoms with Crippen LogP contribution < -0.4 is 4.72 Å². The zero-order valence-corrected chi connectivity index (χ0v) is 14.7. The van der Waals surface area contributed by atoms with Crippen LogP contribution in [0.15, 0.2) is 54.1 Å². The molecule has 0 aliphatic carbocycles. The smallest absolute Gasteiger partial charge is 0.278 e. The van der Waals surface area contributed by atoms with E-state index in [1.807, 2.05) is 6.07 Å². The topological polar surface area (TPSA) is 101 Å². The lowest BCUT2D eigenvalue weighted by Gasteiger charge is -2.12. The van der Waals surface area contributed by atoms with Crippen molar-refractivity contribution in [3.8, 4) is 11.9 Å². The first-order valence-corrected chi connectivity index (χ1v) is 9.07. The number of hydrogen-bond acceptors (Lipinski definition) is 5. The van der Waals surface area contributed by atoms with E-state index in [4.69, 9.17) is 16.9 Å². The number of nitrogens with zero attached hydrogens (tertiary/aromatic N) is 4. The van der Waals surface area contributed by atoms with E-state index in [-0.39, 0.29) is 27.1 Å². The van der Waals surface area contributed by atoms with E-state index in [1.54, 1.807) is 12.1 Å². The summed E-state index contributed by atoms with van der Waals surface area (Å²) in [6.07, 6.45) is 3.64. The molecule has 0 aliphatic rings. The number of hydrogen-bond donors (Lipinski definition) is 1. The maximum atomic E-state index is 12.7. The molecule has 10 heteroatoms. The number of nitrogens with one attached hydrogen (secondary N) is 1. The summed E-state index contributed by atoms with van der Waals surface area (Å²) < 4.78 is 41.7. The zero-order chi connectivity index (χ0) is 18.7. The summed E-state index contributed by atoms with van der Waals surface area (Å²) in [6, 6.07) is 9.33. The maximum Gasteiger partial charge on any atom is 0.279 e. The van der Waals surface area contributed by atoms with E-state index in [9.17, 15) is 12.8 Å². The van der Waals surface area contributed by atoms with Crippen LogP contribution in [0.25, 0.3) is 5.82 Å². The number of rotatable bonds is 5. The van der Waals surface area contributed by atoms with Gasteiger partial charge in [-0.1, -0.05) is 17.7 Å². The first kappa shape index (κ1) is 17.8. The summed E-state index contributed by atoms with van der Waals surface area (Å²) in [4.78, 5) is 7.86. The van der Waals surface area contributed by atoms with Gasteiger partial charge in [-0.15, -0.1) is 0 Å². The van der Waals surface area contributed by atoms with Crippen molar-refractivity contribution in [2.24, 2.45) is 0 Å². The van der Waals surface area contributed by atoms with Crippen molar-refractivity contribution in [2.45, 2.75) is 11.7 Å². The SMILES string of the molecule is N#Cc1cccc(NS(=O)(=O)c2cncn2-c2ncc(CF)cc2Cl)c1. The minimum absolute atomic E-state index is 0.0843. The number of alkyl halides is 1. The van der Waals surface area contributed by atoms with E-state index in [2.05, 4.69) is 14.7 Å². The van der Waals surface area contributed by atoms with Crippen molar-refractivity contribution >= 4 is 27.3 Å². The Hall–Kier alpha value is -2.96. The minimum atomic E-state index is -4.04. The summed E-state index contributed by atoms with van der Waals surface area (Å²) in [6.45, 7) is -0.737. The Morgan fingerprint density at radius 1 is 1.31 bits per heavy atom. The molecule has 2 aromatic heterocycles. The summed E-state index contributed by atoms with van der Waals surface area (Å²) in [5, 5.41) is 8.80. The van der Waals surface area contributed by atoms with Gasteiger partial charge < -0.3 is 0 Å². The quantitative estimate of drug-likeness (QED) is 0.720. The third-order valence-corrected chi connectivity index (χ3v) is 5.02. The molecule has 2 heterocycles. The highest BCUT2D eigenvalue weighted by molar-refractivity contribution is 7.92. The van der Waals surface area contributed by atoms with Crippen molar-refractivity contribution in [1.29, 1.82) is 5.26 Å². The Morgan fingerprint density at radius 2 is 2.12 bits per heavy atom. The standard InChI is InChI=1S/C16H11ClFN5O2S/c17-14-5-12(6-18)8-21-16(14)23-10-20-9-15(23)26(24,25)22-13-3-1-2-11(4-13)7-19/h1-5,8-10,22H,6H2. The molecule has 1 N–H and O–H groups in total. The van der Waals surface area contributed by atoms with E-state index >= 15 is 0 Å². The number of halogens is 2. The number of pyridine rings is 1. The third kappa shape index (κ3) is 3.51. The molecule has 3 aromatic rings. The molecule has 0 radical (unpaired) electrons. The second kappa shape index (κ2) is 7.11. The average molecular weight is 392 g/mol. The molecule has 0 spiro atoms. The first-order valence-electron chi connectivity index (χ1n) is 7.20. The predicted molar refractivity (Wildman–Crippen MR) is 93.1 cm³/mol. The van der Waals surface area contributed by atoms with Crippen molar-refractivity contribution in [1.82, 2.24) is 14.5 Å². The molecule has 0 fully saturated rings. The molecule has 0 bridgehead atoms. The molecule has 0 saturated heterocycles. The Morgan fingerprint density at radius 3 is 2.81 bits per heavy atom. The highest BCUT2D eigenvalue weighted by Crippen LogP contribution is 2.24. The largest absolute Gasteiger partial charge is 0.279 e. The number of sulfonamides is 1. The van der Waals surface area contributed by atoms with Crippen LogP contribution in [-0.2, 0) is 16.7 Å². The highest BCUT2D eigenvalue weighted by atomic mass is 35.5. The summed E-state index contributed by atoms with van der Waals surface area (Å²) in [5.74, 6) is 0.104. The van der Waals surface area contributed by atoms with Gasteiger partial charge in [0.15, 0.2) is 10.8 Å². The molecule has 7 nitrogen and oxygen atoms in total. The van der Waals surface area contributed by atoms with Crippen molar-refractivity contribution in [3.63, 3.8) is 0 Å². The minimum Gasteiger partial charge on any atom is -0.278 e. The van der Waals surface area contributed by atoms with E-state index in [0.717, 1.165) is 6.20 Å². The zero-order valence-electron chi connectivity index (χ0n) is 13.1. The molecule has 0 aliphatic heterocycles. The van der Waals surface area contributed by atoms with Crippen LogP contribution in [0.5, 0.6) is 0 Å². The van der Waals surface area contributed by atoms with Gasteiger partial charge in [-0.3, -0.25) is 9.29 Å². The molecular weight excluding hydrogens is 381 g/mol. The Bertz CT molecular complexity index is 1110. The number of benzene rings is 1. The van der Waals surface area contributed by atoms with Crippen LogP contribution >= 0.6 is 11.6 Å². The Balaban J connectivity index is 2.00. The van der Waals surface area contributed by atoms with Gasteiger partial charge in [0.2, 0.25) is 0 Å². The average Bonchev–Trinajstić information content (AvgIpc) is 3.12. The number of anilines is 1. The Labute approximate surface area is 153 Å². The fourth-order valence-electron chi connectivity index (χ4n) is 2.22. The van der Waals surface area contributed by atoms with Crippen molar-refractivity contribution in [3.05, 3.63) is 65.2 Å². The van der Waals surface area contributed by atoms with Crippen LogP contribution in [0, 0.1) is 11.3 Å². The summed E-state index contributed by atoms with van der Waals surface area (Å²) in [5.41, 5.74) is 0.809. The lowest BCUT2D eigenvalue weighted by atomic mass is 10.2. The summed E-state index contributed by atoms with van der Waals surface area (Å²) >= 11 is 6.09. The van der Waals surface area contributed by atoms with Crippen molar-refractivity contribution < 1.29 is 12.8 Å². The molecule has 132 valence electrons. The van der Waals surface area contributed by atoms with E-state index in [0.29, 0.717) is 5.56 Å². The third-order valence-electron chi connectivity index (χ3n) is 3.38.